The Morgan fingerprint density at radius 3 is 2.53 bits per heavy atom. The SMILES string of the molecule is Fc1cc2[nH]nc(-c3nc4c(-c5ccccc5F)ccnc4[nH]3)c2cc1-c1cncnc1. The molecule has 4 heterocycles. The Hall–Kier alpha value is -4.53. The minimum absolute atomic E-state index is 0.347. The zero-order chi connectivity index (χ0) is 21.7. The highest BCUT2D eigenvalue weighted by Crippen LogP contribution is 2.34. The van der Waals surface area contributed by atoms with Gasteiger partial charge in [0.2, 0.25) is 0 Å². The highest BCUT2D eigenvalue weighted by molar-refractivity contribution is 5.97. The molecule has 0 fully saturated rings. The van der Waals surface area contributed by atoms with Crippen molar-refractivity contribution in [3.05, 3.63) is 79.0 Å². The second kappa shape index (κ2) is 7.02. The highest BCUT2D eigenvalue weighted by atomic mass is 19.1. The first-order valence-electron chi connectivity index (χ1n) is 9.72. The third-order valence-electron chi connectivity index (χ3n) is 5.30. The van der Waals surface area contributed by atoms with Crippen LogP contribution >= 0.6 is 0 Å². The van der Waals surface area contributed by atoms with Crippen molar-refractivity contribution in [1.82, 2.24) is 35.1 Å². The summed E-state index contributed by atoms with van der Waals surface area (Å²) in [6.45, 7) is 0. The van der Waals surface area contributed by atoms with Gasteiger partial charge in [-0.15, -0.1) is 0 Å². The minimum atomic E-state index is -0.421. The molecular weight excluding hydrogens is 412 g/mol. The number of aromatic amines is 2. The number of hydrogen-bond donors (Lipinski definition) is 2. The lowest BCUT2D eigenvalue weighted by Gasteiger charge is -2.03. The summed E-state index contributed by atoms with van der Waals surface area (Å²) in [6.07, 6.45) is 6.07. The molecule has 154 valence electrons. The third-order valence-corrected chi connectivity index (χ3v) is 5.30. The zero-order valence-corrected chi connectivity index (χ0v) is 16.3. The topological polar surface area (TPSA) is 96.0 Å². The van der Waals surface area contributed by atoms with Crippen molar-refractivity contribution in [2.45, 2.75) is 0 Å². The number of nitrogens with zero attached hydrogens (tertiary/aromatic N) is 5. The van der Waals surface area contributed by atoms with E-state index < -0.39 is 5.82 Å². The van der Waals surface area contributed by atoms with Crippen molar-refractivity contribution < 1.29 is 8.78 Å². The van der Waals surface area contributed by atoms with Gasteiger partial charge in [0.25, 0.3) is 0 Å². The summed E-state index contributed by atoms with van der Waals surface area (Å²) in [4.78, 5) is 20.1. The van der Waals surface area contributed by atoms with E-state index in [1.54, 1.807) is 48.9 Å². The molecular formula is C23H13F2N7. The number of aromatic nitrogens is 7. The Morgan fingerprint density at radius 2 is 1.69 bits per heavy atom. The van der Waals surface area contributed by atoms with Crippen LogP contribution in [-0.2, 0) is 0 Å². The van der Waals surface area contributed by atoms with Crippen molar-refractivity contribution in [3.63, 3.8) is 0 Å². The molecule has 0 saturated heterocycles. The molecule has 6 aromatic rings. The summed E-state index contributed by atoms with van der Waals surface area (Å²) in [5, 5.41) is 7.85. The summed E-state index contributed by atoms with van der Waals surface area (Å²) < 4.78 is 29.1. The molecule has 0 unspecified atom stereocenters. The van der Waals surface area contributed by atoms with Crippen molar-refractivity contribution in [1.29, 1.82) is 0 Å². The summed E-state index contributed by atoms with van der Waals surface area (Å²) in [5.41, 5.74) is 3.96. The van der Waals surface area contributed by atoms with Crippen LogP contribution in [0, 0.1) is 11.6 Å². The van der Waals surface area contributed by atoms with Crippen LogP contribution in [0.1, 0.15) is 0 Å². The van der Waals surface area contributed by atoms with Gasteiger partial charge in [0, 0.05) is 52.3 Å². The van der Waals surface area contributed by atoms with Crippen molar-refractivity contribution >= 4 is 22.1 Å². The van der Waals surface area contributed by atoms with Gasteiger partial charge in [0.1, 0.15) is 29.2 Å². The smallest absolute Gasteiger partial charge is 0.160 e. The van der Waals surface area contributed by atoms with Gasteiger partial charge in [-0.3, -0.25) is 5.10 Å². The summed E-state index contributed by atoms with van der Waals surface area (Å²) >= 11 is 0. The number of benzene rings is 2. The van der Waals surface area contributed by atoms with Gasteiger partial charge in [-0.05, 0) is 18.2 Å². The molecule has 0 radical (unpaired) electrons. The molecule has 7 nitrogen and oxygen atoms in total. The molecule has 0 amide bonds. The number of fused-ring (bicyclic) bond motifs is 2. The van der Waals surface area contributed by atoms with Gasteiger partial charge in [0.05, 0.1) is 5.52 Å². The predicted octanol–water partition coefficient (Wildman–Crippen LogP) is 4.90. The van der Waals surface area contributed by atoms with Gasteiger partial charge in [-0.2, -0.15) is 5.10 Å². The molecule has 0 atom stereocenters. The molecule has 0 aliphatic heterocycles. The molecule has 0 saturated carbocycles. The first-order valence-corrected chi connectivity index (χ1v) is 9.72. The van der Waals surface area contributed by atoms with Crippen LogP contribution in [0.5, 0.6) is 0 Å². The van der Waals surface area contributed by atoms with E-state index in [1.165, 1.54) is 18.5 Å². The number of halogens is 2. The van der Waals surface area contributed by atoms with E-state index in [0.717, 1.165) is 0 Å². The maximum atomic E-state index is 14.7. The fraction of sp³-hybridized carbons (Fsp3) is 0. The maximum absolute atomic E-state index is 14.7. The first kappa shape index (κ1) is 18.3. The van der Waals surface area contributed by atoms with E-state index in [2.05, 4.69) is 35.1 Å². The minimum Gasteiger partial charge on any atom is -0.321 e. The summed E-state index contributed by atoms with van der Waals surface area (Å²) in [6, 6.07) is 11.3. The Bertz CT molecular complexity index is 1610. The van der Waals surface area contributed by atoms with Crippen molar-refractivity contribution in [3.8, 4) is 33.8 Å². The van der Waals surface area contributed by atoms with Crippen molar-refractivity contribution in [2.75, 3.05) is 0 Å². The predicted molar refractivity (Wildman–Crippen MR) is 115 cm³/mol. The lowest BCUT2D eigenvalue weighted by Crippen LogP contribution is -1.88. The third kappa shape index (κ3) is 2.83. The molecule has 4 aromatic heterocycles. The number of rotatable bonds is 3. The number of nitrogens with one attached hydrogen (secondary N) is 2. The number of pyridine rings is 1. The molecule has 0 aliphatic rings. The van der Waals surface area contributed by atoms with Crippen LogP contribution in [-0.4, -0.2) is 35.1 Å². The maximum Gasteiger partial charge on any atom is 0.160 e. The largest absolute Gasteiger partial charge is 0.321 e. The van der Waals surface area contributed by atoms with Crippen LogP contribution in [0.2, 0.25) is 0 Å². The summed E-state index contributed by atoms with van der Waals surface area (Å²) in [5.74, 6) is -0.333. The van der Waals surface area contributed by atoms with Crippen LogP contribution in [0.3, 0.4) is 0 Å². The normalized spacial score (nSPS) is 11.4. The monoisotopic (exact) mass is 425 g/mol. The standard InChI is InChI=1S/C23H13F2N7/c24-17-4-2-1-3-13(17)14-5-6-28-22-20(14)29-23(30-22)21-16-7-15(12-9-26-11-27-10-12)18(25)8-19(16)31-32-21/h1-11H,(H,31,32)(H,28,29,30). The van der Waals surface area contributed by atoms with Gasteiger partial charge < -0.3 is 4.98 Å². The van der Waals surface area contributed by atoms with E-state index in [-0.39, 0.29) is 5.82 Å². The zero-order valence-electron chi connectivity index (χ0n) is 16.3. The van der Waals surface area contributed by atoms with E-state index in [1.807, 2.05) is 0 Å². The quantitative estimate of drug-likeness (QED) is 0.420. The van der Waals surface area contributed by atoms with Gasteiger partial charge >= 0.3 is 0 Å². The van der Waals surface area contributed by atoms with Gasteiger partial charge in [-0.1, -0.05) is 18.2 Å². The lowest BCUT2D eigenvalue weighted by molar-refractivity contribution is 0.631. The fourth-order valence-electron chi connectivity index (χ4n) is 3.80. The molecule has 9 heteroatoms. The number of imidazole rings is 1. The Balaban J connectivity index is 1.55. The average molecular weight is 425 g/mol. The highest BCUT2D eigenvalue weighted by Gasteiger charge is 2.19. The van der Waals surface area contributed by atoms with E-state index in [9.17, 15) is 8.78 Å². The fourth-order valence-corrected chi connectivity index (χ4v) is 3.80. The van der Waals surface area contributed by atoms with Crippen LogP contribution in [0.25, 0.3) is 55.8 Å². The van der Waals surface area contributed by atoms with Gasteiger partial charge in [0.15, 0.2) is 11.5 Å². The molecule has 2 N–H and O–H groups in total. The molecule has 32 heavy (non-hydrogen) atoms. The number of hydrogen-bond acceptors (Lipinski definition) is 5. The Morgan fingerprint density at radius 1 is 0.844 bits per heavy atom. The van der Waals surface area contributed by atoms with E-state index in [0.29, 0.717) is 55.8 Å². The second-order valence-corrected chi connectivity index (χ2v) is 7.20. The van der Waals surface area contributed by atoms with Crippen LogP contribution in [0.15, 0.2) is 67.4 Å². The van der Waals surface area contributed by atoms with E-state index >= 15 is 0 Å². The van der Waals surface area contributed by atoms with Crippen LogP contribution in [0.4, 0.5) is 8.78 Å². The second-order valence-electron chi connectivity index (χ2n) is 7.20. The lowest BCUT2D eigenvalue weighted by atomic mass is 10.0. The summed E-state index contributed by atoms with van der Waals surface area (Å²) in [7, 11) is 0. The van der Waals surface area contributed by atoms with Gasteiger partial charge in [-0.25, -0.2) is 28.7 Å². The van der Waals surface area contributed by atoms with Crippen molar-refractivity contribution in [2.24, 2.45) is 0 Å². The Kier molecular flexibility index (Phi) is 4.00. The van der Waals surface area contributed by atoms with Crippen LogP contribution < -0.4 is 0 Å². The first-order chi connectivity index (χ1) is 15.7. The average Bonchev–Trinajstić information content (AvgIpc) is 3.43. The molecule has 2 aromatic carbocycles. The molecule has 0 spiro atoms. The van der Waals surface area contributed by atoms with E-state index in [4.69, 9.17) is 0 Å². The Labute approximate surface area is 179 Å². The molecule has 6 rings (SSSR count). The molecule has 0 bridgehead atoms. The molecule has 0 aliphatic carbocycles. The number of H-pyrrole nitrogens is 2.